The van der Waals surface area contributed by atoms with Gasteiger partial charge in [0.25, 0.3) is 0 Å². The summed E-state index contributed by atoms with van der Waals surface area (Å²) in [7, 11) is 0. The van der Waals surface area contributed by atoms with Crippen LogP contribution in [0.15, 0.2) is 0 Å². The first-order chi connectivity index (χ1) is 8.10. The summed E-state index contributed by atoms with van der Waals surface area (Å²) in [4.78, 5) is 10.6. The highest BCUT2D eigenvalue weighted by molar-refractivity contribution is 5.65. The van der Waals surface area contributed by atoms with E-state index in [1.54, 1.807) is 0 Å². The van der Waals surface area contributed by atoms with Crippen LogP contribution in [0.2, 0.25) is 0 Å². The van der Waals surface area contributed by atoms with E-state index in [1.807, 2.05) is 0 Å². The van der Waals surface area contributed by atoms with Gasteiger partial charge < -0.3 is 29.7 Å². The Bertz CT molecular complexity index is 279. The summed E-state index contributed by atoms with van der Waals surface area (Å²) < 4.78 is 16.5. The third kappa shape index (κ3) is 2.68. The predicted molar refractivity (Wildman–Crippen MR) is 55.7 cm³/mol. The van der Waals surface area contributed by atoms with Gasteiger partial charge in [-0.25, -0.2) is 4.79 Å². The van der Waals surface area contributed by atoms with Crippen LogP contribution in [0.1, 0.15) is 12.8 Å². The highest BCUT2D eigenvalue weighted by Crippen LogP contribution is 2.32. The number of nitrogens with one attached hydrogen (secondary N) is 1. The number of carboxylic acid groups (broad SMARTS) is 1. The lowest BCUT2D eigenvalue weighted by Crippen LogP contribution is -2.64. The van der Waals surface area contributed by atoms with Gasteiger partial charge in [0, 0.05) is 12.8 Å². The Labute approximate surface area is 98.7 Å². The molecule has 2 aliphatic rings. The van der Waals surface area contributed by atoms with Crippen molar-refractivity contribution in [1.82, 2.24) is 5.32 Å². The average Bonchev–Trinajstić information content (AvgIpc) is 2.33. The molecule has 2 aliphatic heterocycles. The minimum atomic E-state index is -1.20. The van der Waals surface area contributed by atoms with E-state index >= 15 is 0 Å². The number of rotatable bonds is 2. The van der Waals surface area contributed by atoms with Crippen LogP contribution in [-0.4, -0.2) is 60.7 Å². The molecule has 98 valence electrons. The first-order valence-electron chi connectivity index (χ1n) is 5.57. The van der Waals surface area contributed by atoms with Gasteiger partial charge in [-0.15, -0.1) is 0 Å². The van der Waals surface area contributed by atoms with Gasteiger partial charge in [-0.1, -0.05) is 0 Å². The molecule has 1 spiro atoms. The van der Waals surface area contributed by atoms with Gasteiger partial charge in [0.15, 0.2) is 5.79 Å². The maximum Gasteiger partial charge on any atom is 0.405 e. The smallest absolute Gasteiger partial charge is 0.405 e. The summed E-state index contributed by atoms with van der Waals surface area (Å²) >= 11 is 0. The van der Waals surface area contributed by atoms with Gasteiger partial charge in [0.2, 0.25) is 0 Å². The van der Waals surface area contributed by atoms with Crippen LogP contribution >= 0.6 is 0 Å². The van der Waals surface area contributed by atoms with E-state index in [-0.39, 0.29) is 19.8 Å². The molecule has 2 saturated heterocycles. The summed E-state index contributed by atoms with van der Waals surface area (Å²) in [5, 5.41) is 20.2. The minimum absolute atomic E-state index is 0.107. The molecular formula is C10H17NO6. The Morgan fingerprint density at radius 1 is 1.24 bits per heavy atom. The van der Waals surface area contributed by atoms with Crippen molar-refractivity contribution in [2.45, 2.75) is 24.2 Å². The van der Waals surface area contributed by atoms with E-state index in [0.717, 1.165) is 0 Å². The van der Waals surface area contributed by atoms with E-state index in [0.29, 0.717) is 26.1 Å². The Hall–Kier alpha value is -0.890. The topological polar surface area (TPSA) is 97.3 Å². The number of aliphatic hydroxyl groups is 1. The van der Waals surface area contributed by atoms with Gasteiger partial charge in [0.1, 0.15) is 5.54 Å². The molecule has 0 aromatic heterocycles. The lowest BCUT2D eigenvalue weighted by molar-refractivity contribution is -0.315. The van der Waals surface area contributed by atoms with Gasteiger partial charge >= 0.3 is 6.09 Å². The molecule has 2 rings (SSSR count). The number of amides is 1. The molecule has 0 saturated carbocycles. The number of ether oxygens (including phenoxy) is 3. The fourth-order valence-electron chi connectivity index (χ4n) is 2.02. The standard InChI is InChI=1S/C10H17NO6/c12-5-9(11-8(13)14)6-16-10(17-7-9)1-3-15-4-2-10/h11-12H,1-7H2,(H,13,14). The van der Waals surface area contributed by atoms with Crippen molar-refractivity contribution in [3.8, 4) is 0 Å². The molecule has 0 bridgehead atoms. The molecule has 0 aromatic rings. The van der Waals surface area contributed by atoms with Crippen molar-refractivity contribution in [3.63, 3.8) is 0 Å². The van der Waals surface area contributed by atoms with Crippen molar-refractivity contribution < 1.29 is 29.2 Å². The van der Waals surface area contributed by atoms with Crippen molar-refractivity contribution in [3.05, 3.63) is 0 Å². The third-order valence-electron chi connectivity index (χ3n) is 3.15. The Morgan fingerprint density at radius 3 is 2.29 bits per heavy atom. The van der Waals surface area contributed by atoms with Crippen molar-refractivity contribution in [2.24, 2.45) is 0 Å². The van der Waals surface area contributed by atoms with E-state index < -0.39 is 17.4 Å². The number of hydrogen-bond donors (Lipinski definition) is 3. The molecule has 3 N–H and O–H groups in total. The van der Waals surface area contributed by atoms with Gasteiger partial charge in [-0.3, -0.25) is 0 Å². The zero-order chi connectivity index (χ0) is 12.4. The van der Waals surface area contributed by atoms with E-state index in [2.05, 4.69) is 5.32 Å². The Morgan fingerprint density at radius 2 is 1.82 bits per heavy atom. The molecule has 2 fully saturated rings. The average molecular weight is 247 g/mol. The molecular weight excluding hydrogens is 230 g/mol. The number of carbonyl (C=O) groups is 1. The van der Waals surface area contributed by atoms with Crippen LogP contribution in [0, 0.1) is 0 Å². The van der Waals surface area contributed by atoms with Gasteiger partial charge in [-0.05, 0) is 0 Å². The quantitative estimate of drug-likeness (QED) is 0.611. The first-order valence-corrected chi connectivity index (χ1v) is 5.57. The van der Waals surface area contributed by atoms with Gasteiger partial charge in [-0.2, -0.15) is 0 Å². The fraction of sp³-hybridized carbons (Fsp3) is 0.900. The van der Waals surface area contributed by atoms with E-state index in [9.17, 15) is 9.90 Å². The summed E-state index contributed by atoms with van der Waals surface area (Å²) in [6, 6.07) is 0. The Balaban J connectivity index is 1.97. The molecule has 0 aliphatic carbocycles. The molecule has 0 aromatic carbocycles. The monoisotopic (exact) mass is 247 g/mol. The van der Waals surface area contributed by atoms with Crippen molar-refractivity contribution in [2.75, 3.05) is 33.0 Å². The second-order valence-electron chi connectivity index (χ2n) is 4.47. The molecule has 0 atom stereocenters. The number of aliphatic hydroxyl groups excluding tert-OH is 1. The van der Waals surface area contributed by atoms with E-state index in [4.69, 9.17) is 19.3 Å². The molecule has 17 heavy (non-hydrogen) atoms. The zero-order valence-electron chi connectivity index (χ0n) is 9.48. The predicted octanol–water partition coefficient (Wildman–Crippen LogP) is -0.461. The number of hydrogen-bond acceptors (Lipinski definition) is 5. The summed E-state index contributed by atoms with van der Waals surface area (Å²) in [5.74, 6) is -0.670. The van der Waals surface area contributed by atoms with E-state index in [1.165, 1.54) is 0 Å². The molecule has 7 heteroatoms. The molecule has 1 amide bonds. The second-order valence-corrected chi connectivity index (χ2v) is 4.47. The van der Waals surface area contributed by atoms with Crippen LogP contribution in [-0.2, 0) is 14.2 Å². The summed E-state index contributed by atoms with van der Waals surface area (Å²) in [5.41, 5.74) is -1.06. The fourth-order valence-corrected chi connectivity index (χ4v) is 2.02. The maximum atomic E-state index is 10.6. The molecule has 0 unspecified atom stereocenters. The molecule has 7 nitrogen and oxygen atoms in total. The minimum Gasteiger partial charge on any atom is -0.465 e. The van der Waals surface area contributed by atoms with Crippen molar-refractivity contribution in [1.29, 1.82) is 0 Å². The first kappa shape index (κ1) is 12.6. The lowest BCUT2D eigenvalue weighted by Gasteiger charge is -2.46. The largest absolute Gasteiger partial charge is 0.465 e. The van der Waals surface area contributed by atoms with Crippen LogP contribution in [0.4, 0.5) is 4.79 Å². The normalized spacial score (nSPS) is 26.6. The van der Waals surface area contributed by atoms with Crippen LogP contribution in [0.3, 0.4) is 0 Å². The molecule has 0 radical (unpaired) electrons. The second kappa shape index (κ2) is 4.77. The summed E-state index contributed by atoms with van der Waals surface area (Å²) in [6.07, 6.45) is 0.0533. The lowest BCUT2D eigenvalue weighted by atomic mass is 9.99. The maximum absolute atomic E-state index is 10.6. The highest BCUT2D eigenvalue weighted by Gasteiger charge is 2.46. The van der Waals surface area contributed by atoms with Crippen molar-refractivity contribution >= 4 is 6.09 Å². The highest BCUT2D eigenvalue weighted by atomic mass is 16.7. The third-order valence-corrected chi connectivity index (χ3v) is 3.15. The van der Waals surface area contributed by atoms with Crippen LogP contribution in [0.5, 0.6) is 0 Å². The Kier molecular flexibility index (Phi) is 3.53. The SMILES string of the molecule is O=C(O)NC1(CO)COC2(CCOCC2)OC1. The summed E-state index contributed by atoms with van der Waals surface area (Å²) in [6.45, 7) is 0.994. The van der Waals surface area contributed by atoms with Crippen LogP contribution in [0.25, 0.3) is 0 Å². The zero-order valence-corrected chi connectivity index (χ0v) is 9.48. The van der Waals surface area contributed by atoms with Crippen LogP contribution < -0.4 is 5.32 Å². The van der Waals surface area contributed by atoms with Gasteiger partial charge in [0.05, 0.1) is 33.0 Å². The molecule has 2 heterocycles.